The van der Waals surface area contributed by atoms with Gasteiger partial charge >= 0.3 is 0 Å². The molecule has 28 heavy (non-hydrogen) atoms. The van der Waals surface area contributed by atoms with Crippen LogP contribution >= 0.6 is 0 Å². The summed E-state index contributed by atoms with van der Waals surface area (Å²) in [6.45, 7) is 6.35. The summed E-state index contributed by atoms with van der Waals surface area (Å²) in [6, 6.07) is 5.93. The van der Waals surface area contributed by atoms with E-state index in [9.17, 15) is 4.79 Å². The number of aryl methyl sites for hydroxylation is 2. The zero-order valence-electron chi connectivity index (χ0n) is 16.3. The zero-order chi connectivity index (χ0) is 19.3. The molecule has 0 saturated heterocycles. The van der Waals surface area contributed by atoms with E-state index in [1.165, 1.54) is 30.5 Å². The van der Waals surface area contributed by atoms with Crippen LogP contribution in [0.5, 0.6) is 0 Å². The zero-order valence-corrected chi connectivity index (χ0v) is 16.3. The number of aromatic nitrogens is 3. The average Bonchev–Trinajstić information content (AvgIpc) is 3.22. The molecule has 0 spiro atoms. The molecule has 1 aliphatic carbocycles. The molecule has 3 heterocycles. The number of carbonyl (C=O) groups excluding carboxylic acids is 1. The third kappa shape index (κ3) is 3.03. The number of oxazole rings is 1. The number of nitrogens with zero attached hydrogens (tertiary/aromatic N) is 4. The predicted molar refractivity (Wildman–Crippen MR) is 105 cm³/mol. The minimum absolute atomic E-state index is 0.0785. The Labute approximate surface area is 164 Å². The average molecular weight is 376 g/mol. The molecule has 6 nitrogen and oxygen atoms in total. The van der Waals surface area contributed by atoms with Gasteiger partial charge in [0.25, 0.3) is 5.91 Å². The van der Waals surface area contributed by atoms with Crippen LogP contribution in [0.3, 0.4) is 0 Å². The van der Waals surface area contributed by atoms with E-state index in [0.29, 0.717) is 13.1 Å². The van der Waals surface area contributed by atoms with Crippen molar-refractivity contribution in [2.24, 2.45) is 5.92 Å². The van der Waals surface area contributed by atoms with Crippen LogP contribution in [0.2, 0.25) is 0 Å². The van der Waals surface area contributed by atoms with E-state index in [1.54, 1.807) is 6.26 Å². The van der Waals surface area contributed by atoms with E-state index < -0.39 is 0 Å². The lowest BCUT2D eigenvalue weighted by Crippen LogP contribution is -2.36. The molecule has 0 bridgehead atoms. The van der Waals surface area contributed by atoms with Gasteiger partial charge in [0.05, 0.1) is 6.54 Å². The Kier molecular flexibility index (Phi) is 4.07. The van der Waals surface area contributed by atoms with Crippen molar-refractivity contribution >= 4 is 5.91 Å². The molecule has 1 aromatic carbocycles. The van der Waals surface area contributed by atoms with Crippen LogP contribution in [-0.4, -0.2) is 32.1 Å². The quantitative estimate of drug-likeness (QED) is 0.695. The fourth-order valence-corrected chi connectivity index (χ4v) is 3.95. The molecule has 3 aromatic rings. The maximum absolute atomic E-state index is 13.1. The molecular weight excluding hydrogens is 352 g/mol. The van der Waals surface area contributed by atoms with Gasteiger partial charge < -0.3 is 9.32 Å². The van der Waals surface area contributed by atoms with Crippen molar-refractivity contribution in [2.75, 3.05) is 6.54 Å². The van der Waals surface area contributed by atoms with Gasteiger partial charge in [-0.1, -0.05) is 6.07 Å². The number of amides is 1. The van der Waals surface area contributed by atoms with Crippen molar-refractivity contribution in [1.29, 1.82) is 0 Å². The molecule has 0 unspecified atom stereocenters. The highest BCUT2D eigenvalue weighted by Gasteiger charge is 2.31. The number of hydrogen-bond donors (Lipinski definition) is 0. The summed E-state index contributed by atoms with van der Waals surface area (Å²) < 4.78 is 7.34. The monoisotopic (exact) mass is 376 g/mol. The molecule has 1 saturated carbocycles. The molecule has 5 rings (SSSR count). The normalized spacial score (nSPS) is 16.3. The molecule has 1 fully saturated rings. The van der Waals surface area contributed by atoms with E-state index in [0.717, 1.165) is 47.0 Å². The lowest BCUT2D eigenvalue weighted by Gasteiger charge is -2.28. The summed E-state index contributed by atoms with van der Waals surface area (Å²) in [7, 11) is 0. The topological polar surface area (TPSA) is 64.2 Å². The summed E-state index contributed by atoms with van der Waals surface area (Å²) in [4.78, 5) is 19.4. The minimum Gasteiger partial charge on any atom is -0.451 e. The van der Waals surface area contributed by atoms with Gasteiger partial charge in [-0.05, 0) is 55.9 Å². The second kappa shape index (κ2) is 6.62. The molecule has 2 aliphatic rings. The van der Waals surface area contributed by atoms with Crippen LogP contribution in [-0.2, 0) is 19.5 Å². The van der Waals surface area contributed by atoms with E-state index >= 15 is 0 Å². The van der Waals surface area contributed by atoms with Crippen molar-refractivity contribution in [3.05, 3.63) is 58.8 Å². The smallest absolute Gasteiger partial charge is 0.254 e. The number of rotatable bonds is 4. The van der Waals surface area contributed by atoms with Crippen molar-refractivity contribution in [3.63, 3.8) is 0 Å². The van der Waals surface area contributed by atoms with Gasteiger partial charge in [-0.2, -0.15) is 5.10 Å². The molecule has 0 radical (unpaired) electrons. The predicted octanol–water partition coefficient (Wildman–Crippen LogP) is 3.76. The number of hydrogen-bond acceptors (Lipinski definition) is 4. The van der Waals surface area contributed by atoms with Crippen molar-refractivity contribution < 1.29 is 9.21 Å². The van der Waals surface area contributed by atoms with Crippen LogP contribution in [0.4, 0.5) is 0 Å². The Balaban J connectivity index is 1.47. The van der Waals surface area contributed by atoms with Gasteiger partial charge in [-0.15, -0.1) is 0 Å². The second-order valence-electron chi connectivity index (χ2n) is 8.05. The first-order chi connectivity index (χ1) is 13.6. The largest absolute Gasteiger partial charge is 0.451 e. The number of fused-ring (bicyclic) bond motifs is 1. The third-order valence-electron chi connectivity index (χ3n) is 5.98. The van der Waals surface area contributed by atoms with E-state index in [2.05, 4.69) is 16.6 Å². The Morgan fingerprint density at radius 2 is 2.11 bits per heavy atom. The molecule has 2 aromatic heterocycles. The van der Waals surface area contributed by atoms with Crippen molar-refractivity contribution in [1.82, 2.24) is 19.7 Å². The summed E-state index contributed by atoms with van der Waals surface area (Å²) >= 11 is 0. The van der Waals surface area contributed by atoms with Crippen LogP contribution in [0.15, 0.2) is 35.3 Å². The van der Waals surface area contributed by atoms with Gasteiger partial charge in [0.1, 0.15) is 17.7 Å². The lowest BCUT2D eigenvalue weighted by atomic mass is 10.0. The first-order valence-electron chi connectivity index (χ1n) is 9.94. The van der Waals surface area contributed by atoms with Crippen LogP contribution in [0, 0.1) is 19.8 Å². The molecule has 0 N–H and O–H groups in total. The highest BCUT2D eigenvalue weighted by molar-refractivity contribution is 5.94. The summed E-state index contributed by atoms with van der Waals surface area (Å²) in [6.07, 6.45) is 6.46. The number of carbonyl (C=O) groups is 1. The maximum atomic E-state index is 13.1. The Hall–Kier alpha value is -2.89. The highest BCUT2D eigenvalue weighted by Crippen LogP contribution is 2.35. The first kappa shape index (κ1) is 17.2. The van der Waals surface area contributed by atoms with Crippen molar-refractivity contribution in [3.8, 4) is 11.4 Å². The van der Waals surface area contributed by atoms with Gasteiger partial charge in [-0.3, -0.25) is 9.48 Å². The van der Waals surface area contributed by atoms with Crippen LogP contribution < -0.4 is 0 Å². The molecule has 1 aliphatic heterocycles. The standard InChI is InChI=1S/C22H24N4O2/c1-14-3-6-17(9-15(14)2)22(27)25-8-7-20-18(11-25)21(19-12-28-13-23-19)24-26(20)10-16-4-5-16/h3,6,9,12-13,16H,4-5,7-8,10-11H2,1-2H3. The molecule has 0 atom stereocenters. The summed E-state index contributed by atoms with van der Waals surface area (Å²) in [5.74, 6) is 0.819. The molecule has 1 amide bonds. The Morgan fingerprint density at radius 3 is 2.82 bits per heavy atom. The number of benzene rings is 1. The van der Waals surface area contributed by atoms with E-state index in [-0.39, 0.29) is 5.91 Å². The van der Waals surface area contributed by atoms with Gasteiger partial charge in [0.2, 0.25) is 0 Å². The van der Waals surface area contributed by atoms with Gasteiger partial charge in [0.15, 0.2) is 6.39 Å². The second-order valence-corrected chi connectivity index (χ2v) is 8.05. The SMILES string of the molecule is Cc1ccc(C(=O)N2CCc3c(c(-c4cocn4)nn3CC3CC3)C2)cc1C. The highest BCUT2D eigenvalue weighted by atomic mass is 16.3. The fraction of sp³-hybridized carbons (Fsp3) is 0.409. The molecule has 6 heteroatoms. The minimum atomic E-state index is 0.0785. The third-order valence-corrected chi connectivity index (χ3v) is 5.98. The summed E-state index contributed by atoms with van der Waals surface area (Å²) in [5.41, 5.74) is 7.04. The van der Waals surface area contributed by atoms with E-state index in [4.69, 9.17) is 9.52 Å². The van der Waals surface area contributed by atoms with E-state index in [1.807, 2.05) is 30.0 Å². The molecular formula is C22H24N4O2. The van der Waals surface area contributed by atoms with Gasteiger partial charge in [0, 0.05) is 36.3 Å². The summed E-state index contributed by atoms with van der Waals surface area (Å²) in [5, 5.41) is 4.86. The fourth-order valence-electron chi connectivity index (χ4n) is 3.95. The Bertz CT molecular complexity index is 1030. The molecule has 144 valence electrons. The van der Waals surface area contributed by atoms with Crippen LogP contribution in [0.1, 0.15) is 45.6 Å². The van der Waals surface area contributed by atoms with Crippen molar-refractivity contribution in [2.45, 2.75) is 46.2 Å². The Morgan fingerprint density at radius 1 is 1.25 bits per heavy atom. The first-order valence-corrected chi connectivity index (χ1v) is 9.94. The van der Waals surface area contributed by atoms with Crippen LogP contribution in [0.25, 0.3) is 11.4 Å². The lowest BCUT2D eigenvalue weighted by molar-refractivity contribution is 0.0733. The van der Waals surface area contributed by atoms with Gasteiger partial charge in [-0.25, -0.2) is 4.98 Å². The maximum Gasteiger partial charge on any atom is 0.254 e.